The molecule has 0 bridgehead atoms. The number of anilines is 1. The first-order chi connectivity index (χ1) is 9.21. The minimum atomic E-state index is -3.15. The van der Waals surface area contributed by atoms with Gasteiger partial charge in [0.15, 0.2) is 0 Å². The van der Waals surface area contributed by atoms with E-state index in [9.17, 15) is 13.6 Å². The summed E-state index contributed by atoms with van der Waals surface area (Å²) in [7, 11) is 1.59. The molecule has 3 N–H and O–H groups in total. The minimum Gasteiger partial charge on any atom is -0.478 e. The van der Waals surface area contributed by atoms with Crippen molar-refractivity contribution in [2.75, 3.05) is 5.73 Å². The van der Waals surface area contributed by atoms with E-state index in [4.69, 9.17) is 10.8 Å². The fourth-order valence-electron chi connectivity index (χ4n) is 2.01. The summed E-state index contributed by atoms with van der Waals surface area (Å²) in [6, 6.07) is 3.69. The maximum absolute atomic E-state index is 13.7. The number of alkyl halides is 2. The Morgan fingerprint density at radius 3 is 2.55 bits per heavy atom. The van der Waals surface area contributed by atoms with Gasteiger partial charge >= 0.3 is 5.97 Å². The first-order valence-electron chi connectivity index (χ1n) is 5.75. The van der Waals surface area contributed by atoms with E-state index < -0.39 is 11.9 Å². The predicted molar refractivity (Wildman–Crippen MR) is 69.6 cm³/mol. The third-order valence-corrected chi connectivity index (χ3v) is 2.99. The number of nitrogen functional groups attached to an aromatic ring is 1. The fraction of sp³-hybridized carbons (Fsp3) is 0.231. The number of hydrogen-bond donors (Lipinski definition) is 2. The molecule has 0 saturated heterocycles. The van der Waals surface area contributed by atoms with Gasteiger partial charge < -0.3 is 10.8 Å². The van der Waals surface area contributed by atoms with Gasteiger partial charge in [-0.25, -0.2) is 13.6 Å². The van der Waals surface area contributed by atoms with E-state index in [1.54, 1.807) is 7.05 Å². The number of nitrogens with two attached hydrogens (primary N) is 1. The van der Waals surface area contributed by atoms with Crippen LogP contribution in [0.3, 0.4) is 0 Å². The Hall–Kier alpha value is -2.44. The Balaban J connectivity index is 2.79. The number of aromatic carboxylic acids is 1. The summed E-state index contributed by atoms with van der Waals surface area (Å²) in [5.41, 5.74) is 5.30. The van der Waals surface area contributed by atoms with Crippen LogP contribution in [0, 0.1) is 0 Å². The Bertz CT molecular complexity index is 675. The van der Waals surface area contributed by atoms with Gasteiger partial charge in [0.25, 0.3) is 5.92 Å². The van der Waals surface area contributed by atoms with E-state index in [2.05, 4.69) is 5.10 Å². The van der Waals surface area contributed by atoms with Gasteiger partial charge in [-0.3, -0.25) is 4.68 Å². The number of hydrogen-bond acceptors (Lipinski definition) is 3. The maximum Gasteiger partial charge on any atom is 0.337 e. The Morgan fingerprint density at radius 1 is 1.45 bits per heavy atom. The SMILES string of the molecule is Cn1nccc1-c1cc(C(=O)O)c(N)cc1C(C)(F)F. The van der Waals surface area contributed by atoms with E-state index in [-0.39, 0.29) is 22.4 Å². The van der Waals surface area contributed by atoms with Crippen LogP contribution in [0.4, 0.5) is 14.5 Å². The molecule has 0 fully saturated rings. The molecule has 106 valence electrons. The predicted octanol–water partition coefficient (Wildman–Crippen LogP) is 2.48. The van der Waals surface area contributed by atoms with Crippen molar-refractivity contribution in [2.24, 2.45) is 7.05 Å². The highest BCUT2D eigenvalue weighted by molar-refractivity contribution is 5.95. The maximum atomic E-state index is 13.7. The zero-order valence-corrected chi connectivity index (χ0v) is 10.9. The van der Waals surface area contributed by atoms with Gasteiger partial charge in [-0.2, -0.15) is 5.10 Å². The lowest BCUT2D eigenvalue weighted by atomic mass is 9.96. The topological polar surface area (TPSA) is 81.1 Å². The number of benzene rings is 1. The van der Waals surface area contributed by atoms with Crippen molar-refractivity contribution in [3.63, 3.8) is 0 Å². The van der Waals surface area contributed by atoms with Gasteiger partial charge in [0, 0.05) is 37.0 Å². The van der Waals surface area contributed by atoms with Crippen LogP contribution >= 0.6 is 0 Å². The molecule has 7 heteroatoms. The average molecular weight is 281 g/mol. The van der Waals surface area contributed by atoms with Crippen LogP contribution in [0.1, 0.15) is 22.8 Å². The van der Waals surface area contributed by atoms with Gasteiger partial charge in [0.1, 0.15) is 0 Å². The third-order valence-electron chi connectivity index (χ3n) is 2.99. The number of nitrogens with zero attached hydrogens (tertiary/aromatic N) is 2. The van der Waals surface area contributed by atoms with Crippen LogP contribution in [0.15, 0.2) is 24.4 Å². The molecule has 0 amide bonds. The van der Waals surface area contributed by atoms with Crippen molar-refractivity contribution in [1.82, 2.24) is 9.78 Å². The molecule has 2 aromatic rings. The van der Waals surface area contributed by atoms with Crippen LogP contribution in [0.2, 0.25) is 0 Å². The lowest BCUT2D eigenvalue weighted by Gasteiger charge is -2.18. The average Bonchev–Trinajstić information content (AvgIpc) is 2.73. The summed E-state index contributed by atoms with van der Waals surface area (Å²) < 4.78 is 28.8. The van der Waals surface area contributed by atoms with Crippen molar-refractivity contribution in [2.45, 2.75) is 12.8 Å². The summed E-state index contributed by atoms with van der Waals surface area (Å²) in [6.07, 6.45) is 1.45. The highest BCUT2D eigenvalue weighted by Gasteiger charge is 2.30. The number of halogens is 2. The largest absolute Gasteiger partial charge is 0.478 e. The first-order valence-corrected chi connectivity index (χ1v) is 5.75. The van der Waals surface area contributed by atoms with E-state index in [1.165, 1.54) is 16.9 Å². The molecular formula is C13H13F2N3O2. The molecule has 0 aliphatic carbocycles. The molecule has 1 aromatic heterocycles. The summed E-state index contributed by atoms with van der Waals surface area (Å²) >= 11 is 0. The van der Waals surface area contributed by atoms with Crippen molar-refractivity contribution in [3.8, 4) is 11.3 Å². The summed E-state index contributed by atoms with van der Waals surface area (Å²) in [4.78, 5) is 11.1. The summed E-state index contributed by atoms with van der Waals surface area (Å²) in [6.45, 7) is 0.738. The second kappa shape index (κ2) is 4.59. The van der Waals surface area contributed by atoms with Crippen LogP contribution < -0.4 is 5.73 Å². The molecule has 0 atom stereocenters. The van der Waals surface area contributed by atoms with Crippen molar-refractivity contribution in [3.05, 3.63) is 35.5 Å². The summed E-state index contributed by atoms with van der Waals surface area (Å²) in [5, 5.41) is 13.0. The van der Waals surface area contributed by atoms with Crippen LogP contribution in [-0.4, -0.2) is 20.9 Å². The molecule has 0 aliphatic rings. The van der Waals surface area contributed by atoms with E-state index in [0.29, 0.717) is 5.69 Å². The fourth-order valence-corrected chi connectivity index (χ4v) is 2.01. The Labute approximate surface area is 113 Å². The van der Waals surface area contributed by atoms with Gasteiger partial charge in [-0.15, -0.1) is 0 Å². The molecule has 0 radical (unpaired) electrons. The van der Waals surface area contributed by atoms with E-state index in [1.807, 2.05) is 0 Å². The van der Waals surface area contributed by atoms with Crippen LogP contribution in [-0.2, 0) is 13.0 Å². The molecule has 0 aliphatic heterocycles. The first kappa shape index (κ1) is 14.0. The van der Waals surface area contributed by atoms with E-state index in [0.717, 1.165) is 19.1 Å². The van der Waals surface area contributed by atoms with Crippen molar-refractivity contribution >= 4 is 11.7 Å². The normalized spacial score (nSPS) is 11.6. The molecule has 2 rings (SSSR count). The quantitative estimate of drug-likeness (QED) is 0.847. The zero-order chi connectivity index (χ0) is 15.1. The smallest absolute Gasteiger partial charge is 0.337 e. The molecule has 1 heterocycles. The number of carboxylic acid groups (broad SMARTS) is 1. The molecular weight excluding hydrogens is 268 g/mol. The van der Waals surface area contributed by atoms with Crippen LogP contribution in [0.25, 0.3) is 11.3 Å². The highest BCUT2D eigenvalue weighted by atomic mass is 19.3. The molecule has 1 aromatic carbocycles. The second-order valence-corrected chi connectivity index (χ2v) is 4.52. The summed E-state index contributed by atoms with van der Waals surface area (Å²) in [5.74, 6) is -4.41. The van der Waals surface area contributed by atoms with Gasteiger partial charge in [0.05, 0.1) is 11.3 Å². The number of carboxylic acids is 1. The zero-order valence-electron chi connectivity index (χ0n) is 10.9. The highest BCUT2D eigenvalue weighted by Crippen LogP contribution is 2.38. The lowest BCUT2D eigenvalue weighted by Crippen LogP contribution is -2.13. The number of aromatic nitrogens is 2. The molecule has 20 heavy (non-hydrogen) atoms. The monoisotopic (exact) mass is 281 g/mol. The Morgan fingerprint density at radius 2 is 2.10 bits per heavy atom. The van der Waals surface area contributed by atoms with Crippen molar-refractivity contribution < 1.29 is 18.7 Å². The molecule has 0 spiro atoms. The number of rotatable bonds is 3. The standard InChI is InChI=1S/C13H13F2N3O2/c1-13(14,15)9-6-10(16)8(12(19)20)5-7(9)11-3-4-17-18(11)2/h3-6H,16H2,1-2H3,(H,19,20). The number of aryl methyl sites for hydroxylation is 1. The van der Waals surface area contributed by atoms with Gasteiger partial charge in [0.2, 0.25) is 0 Å². The molecule has 0 saturated carbocycles. The van der Waals surface area contributed by atoms with Crippen LogP contribution in [0.5, 0.6) is 0 Å². The minimum absolute atomic E-state index is 0.101. The molecule has 5 nitrogen and oxygen atoms in total. The Kier molecular flexibility index (Phi) is 3.21. The third kappa shape index (κ3) is 2.34. The molecule has 0 unspecified atom stereocenters. The van der Waals surface area contributed by atoms with Crippen molar-refractivity contribution in [1.29, 1.82) is 0 Å². The second-order valence-electron chi connectivity index (χ2n) is 4.52. The lowest BCUT2D eigenvalue weighted by molar-refractivity contribution is 0.0180. The van der Waals surface area contributed by atoms with E-state index >= 15 is 0 Å². The van der Waals surface area contributed by atoms with Gasteiger partial charge in [-0.05, 0) is 18.2 Å². The number of carbonyl (C=O) groups is 1. The van der Waals surface area contributed by atoms with Gasteiger partial charge in [-0.1, -0.05) is 0 Å².